The van der Waals surface area contributed by atoms with Crippen LogP contribution < -0.4 is 0 Å². The maximum Gasteiger partial charge on any atom is 0.152 e. The Kier molecular flexibility index (Phi) is 4.68. The summed E-state index contributed by atoms with van der Waals surface area (Å²) < 4.78 is 22.1. The van der Waals surface area contributed by atoms with Crippen LogP contribution in [0, 0.1) is 0 Å². The summed E-state index contributed by atoms with van der Waals surface area (Å²) >= 11 is 0. The van der Waals surface area contributed by atoms with Gasteiger partial charge in [0.05, 0.1) is 17.6 Å². The van der Waals surface area contributed by atoms with Crippen molar-refractivity contribution in [2.24, 2.45) is 0 Å². The molecule has 1 unspecified atom stereocenters. The fourth-order valence-corrected chi connectivity index (χ4v) is 2.45. The second-order valence-corrected chi connectivity index (χ2v) is 5.05. The molecule has 0 aliphatic carbocycles. The van der Waals surface area contributed by atoms with Crippen LogP contribution in [0.4, 0.5) is 0 Å². The molecule has 3 nitrogen and oxygen atoms in total. The van der Waals surface area contributed by atoms with Crippen molar-refractivity contribution in [1.29, 1.82) is 0 Å². The first-order valence-corrected chi connectivity index (χ1v) is 5.68. The molecule has 1 atom stereocenters. The third-order valence-electron chi connectivity index (χ3n) is 1.30. The average Bonchev–Trinajstić information content (AvgIpc) is 1.81. The number of hydrogen-bond acceptors (Lipinski definition) is 3. The summed E-state index contributed by atoms with van der Waals surface area (Å²) in [6, 6.07) is 0. The maximum absolute atomic E-state index is 11.0. The molecule has 4 heteroatoms. The molecule has 11 heavy (non-hydrogen) atoms. The van der Waals surface area contributed by atoms with Gasteiger partial charge in [-0.3, -0.25) is 0 Å². The zero-order valence-corrected chi connectivity index (χ0v) is 7.89. The van der Waals surface area contributed by atoms with Gasteiger partial charge in [0.25, 0.3) is 0 Å². The first kappa shape index (κ1) is 10.9. The average molecular weight is 180 g/mol. The molecule has 0 aromatic heterocycles. The zero-order chi connectivity index (χ0) is 8.91. The molecule has 0 radical (unpaired) electrons. The fraction of sp³-hybridized carbons (Fsp3) is 1.00. The Morgan fingerprint density at radius 1 is 1.45 bits per heavy atom. The minimum atomic E-state index is -2.99. The SMILES string of the molecule is CCCCS(=O)(=O)CC(C)O. The van der Waals surface area contributed by atoms with E-state index in [0.717, 1.165) is 6.42 Å². The summed E-state index contributed by atoms with van der Waals surface area (Å²) in [5, 5.41) is 8.81. The summed E-state index contributed by atoms with van der Waals surface area (Å²) in [7, 11) is -2.99. The van der Waals surface area contributed by atoms with Crippen molar-refractivity contribution in [3.05, 3.63) is 0 Å². The normalized spacial score (nSPS) is 14.8. The summed E-state index contributed by atoms with van der Waals surface area (Å²) in [6.07, 6.45) is 0.825. The number of rotatable bonds is 5. The molecular weight excluding hydrogens is 164 g/mol. The highest BCUT2D eigenvalue weighted by atomic mass is 32.2. The maximum atomic E-state index is 11.0. The van der Waals surface area contributed by atoms with Crippen LogP contribution in [0.3, 0.4) is 0 Å². The van der Waals surface area contributed by atoms with Gasteiger partial charge in [0, 0.05) is 0 Å². The summed E-state index contributed by atoms with van der Waals surface area (Å²) in [4.78, 5) is 0. The molecule has 0 spiro atoms. The number of aliphatic hydroxyl groups excluding tert-OH is 1. The van der Waals surface area contributed by atoms with E-state index in [0.29, 0.717) is 6.42 Å². The minimum absolute atomic E-state index is 0.104. The standard InChI is InChI=1S/C7H16O3S/c1-3-4-5-11(9,10)6-7(2)8/h7-8H,3-6H2,1-2H3. The molecule has 0 aromatic carbocycles. The van der Waals surface area contributed by atoms with Crippen molar-refractivity contribution >= 4 is 9.84 Å². The van der Waals surface area contributed by atoms with Gasteiger partial charge in [0.1, 0.15) is 0 Å². The van der Waals surface area contributed by atoms with E-state index in [1.54, 1.807) is 0 Å². The highest BCUT2D eigenvalue weighted by molar-refractivity contribution is 7.91. The Morgan fingerprint density at radius 2 is 2.00 bits per heavy atom. The number of unbranched alkanes of at least 4 members (excludes halogenated alkanes) is 1. The Hall–Kier alpha value is -0.0900. The zero-order valence-electron chi connectivity index (χ0n) is 7.08. The summed E-state index contributed by atoms with van der Waals surface area (Å²) in [5.74, 6) is 0.0986. The van der Waals surface area contributed by atoms with Crippen LogP contribution in [0.25, 0.3) is 0 Å². The first-order chi connectivity index (χ1) is 4.98. The fourth-order valence-electron chi connectivity index (χ4n) is 0.815. The number of sulfone groups is 1. The van der Waals surface area contributed by atoms with Crippen molar-refractivity contribution in [3.63, 3.8) is 0 Å². The Labute approximate surface area is 68.3 Å². The van der Waals surface area contributed by atoms with Gasteiger partial charge < -0.3 is 5.11 Å². The van der Waals surface area contributed by atoms with Crippen molar-refractivity contribution < 1.29 is 13.5 Å². The van der Waals surface area contributed by atoms with Crippen LogP contribution in [0.5, 0.6) is 0 Å². The lowest BCUT2D eigenvalue weighted by atomic mass is 10.4. The van der Waals surface area contributed by atoms with E-state index in [4.69, 9.17) is 5.11 Å². The Balaban J connectivity index is 3.82. The molecule has 0 rings (SSSR count). The molecule has 68 valence electrons. The van der Waals surface area contributed by atoms with Crippen LogP contribution in [0.2, 0.25) is 0 Å². The lowest BCUT2D eigenvalue weighted by molar-refractivity contribution is 0.218. The molecular formula is C7H16O3S. The van der Waals surface area contributed by atoms with Gasteiger partial charge in [-0.2, -0.15) is 0 Å². The summed E-state index contributed by atoms with van der Waals surface area (Å²) in [6.45, 7) is 3.43. The van der Waals surface area contributed by atoms with Gasteiger partial charge in [0.2, 0.25) is 0 Å². The van der Waals surface area contributed by atoms with E-state index >= 15 is 0 Å². The molecule has 1 N–H and O–H groups in total. The highest BCUT2D eigenvalue weighted by Crippen LogP contribution is 1.99. The first-order valence-electron chi connectivity index (χ1n) is 3.86. The highest BCUT2D eigenvalue weighted by Gasteiger charge is 2.12. The van der Waals surface area contributed by atoms with E-state index in [1.807, 2.05) is 6.92 Å². The molecule has 0 amide bonds. The largest absolute Gasteiger partial charge is 0.392 e. The van der Waals surface area contributed by atoms with Crippen LogP contribution in [0.1, 0.15) is 26.7 Å². The molecule has 0 heterocycles. The van der Waals surface area contributed by atoms with Gasteiger partial charge >= 0.3 is 0 Å². The second kappa shape index (κ2) is 4.72. The Bertz CT molecular complexity index is 182. The molecule has 0 aliphatic heterocycles. The van der Waals surface area contributed by atoms with Crippen LogP contribution in [-0.2, 0) is 9.84 Å². The van der Waals surface area contributed by atoms with Gasteiger partial charge in [-0.25, -0.2) is 8.42 Å². The Morgan fingerprint density at radius 3 is 2.36 bits per heavy atom. The van der Waals surface area contributed by atoms with E-state index in [2.05, 4.69) is 0 Å². The quantitative estimate of drug-likeness (QED) is 0.673. The lowest BCUT2D eigenvalue weighted by Crippen LogP contribution is -2.20. The third-order valence-corrected chi connectivity index (χ3v) is 3.20. The molecule has 0 saturated carbocycles. The molecule has 0 aromatic rings. The van der Waals surface area contributed by atoms with E-state index in [9.17, 15) is 8.42 Å². The predicted octanol–water partition coefficient (Wildman–Crippen LogP) is 0.582. The molecule has 0 aliphatic rings. The van der Waals surface area contributed by atoms with E-state index in [1.165, 1.54) is 6.92 Å². The van der Waals surface area contributed by atoms with Crippen molar-refractivity contribution in [3.8, 4) is 0 Å². The van der Waals surface area contributed by atoms with Crippen LogP contribution >= 0.6 is 0 Å². The van der Waals surface area contributed by atoms with Gasteiger partial charge in [-0.15, -0.1) is 0 Å². The smallest absolute Gasteiger partial charge is 0.152 e. The molecule has 0 saturated heterocycles. The lowest BCUT2D eigenvalue weighted by Gasteiger charge is -2.04. The van der Waals surface area contributed by atoms with Crippen LogP contribution in [0.15, 0.2) is 0 Å². The van der Waals surface area contributed by atoms with Gasteiger partial charge in [-0.1, -0.05) is 13.3 Å². The van der Waals surface area contributed by atoms with E-state index < -0.39 is 15.9 Å². The number of hydrogen-bond donors (Lipinski definition) is 1. The second-order valence-electron chi connectivity index (χ2n) is 2.82. The summed E-state index contributed by atoms with van der Waals surface area (Å²) in [5.41, 5.74) is 0. The third kappa shape index (κ3) is 6.31. The van der Waals surface area contributed by atoms with Crippen molar-refractivity contribution in [2.45, 2.75) is 32.8 Å². The minimum Gasteiger partial charge on any atom is -0.392 e. The van der Waals surface area contributed by atoms with Crippen molar-refractivity contribution in [2.75, 3.05) is 11.5 Å². The predicted molar refractivity (Wildman–Crippen MR) is 45.2 cm³/mol. The monoisotopic (exact) mass is 180 g/mol. The van der Waals surface area contributed by atoms with Gasteiger partial charge in [-0.05, 0) is 13.3 Å². The topological polar surface area (TPSA) is 54.4 Å². The van der Waals surface area contributed by atoms with Crippen molar-refractivity contribution in [1.82, 2.24) is 0 Å². The van der Waals surface area contributed by atoms with Gasteiger partial charge in [0.15, 0.2) is 9.84 Å². The molecule has 0 fully saturated rings. The number of aliphatic hydroxyl groups is 1. The molecule has 0 bridgehead atoms. The van der Waals surface area contributed by atoms with E-state index in [-0.39, 0.29) is 11.5 Å². The van der Waals surface area contributed by atoms with Crippen LogP contribution in [-0.4, -0.2) is 31.1 Å².